The lowest BCUT2D eigenvalue weighted by Crippen LogP contribution is -2.45. The summed E-state index contributed by atoms with van der Waals surface area (Å²) in [5, 5.41) is 0. The average Bonchev–Trinajstić information content (AvgIpc) is 2.93. The van der Waals surface area contributed by atoms with Gasteiger partial charge >= 0.3 is 0 Å². The molecule has 106 valence electrons. The Kier molecular flexibility index (Phi) is 3.00. The number of H-pyrrole nitrogens is 1. The largest absolute Gasteiger partial charge is 0.376 e. The Hall–Kier alpha value is -1.39. The van der Waals surface area contributed by atoms with E-state index in [0.717, 1.165) is 56.5 Å². The van der Waals surface area contributed by atoms with Crippen LogP contribution in [0.3, 0.4) is 0 Å². The van der Waals surface area contributed by atoms with Crippen LogP contribution in [0.15, 0.2) is 24.5 Å². The van der Waals surface area contributed by atoms with E-state index >= 15 is 0 Å². The van der Waals surface area contributed by atoms with Crippen LogP contribution in [-0.4, -0.2) is 35.4 Å². The van der Waals surface area contributed by atoms with Crippen molar-refractivity contribution >= 4 is 11.0 Å². The van der Waals surface area contributed by atoms with Crippen LogP contribution >= 0.6 is 0 Å². The fraction of sp³-hybridized carbons (Fsp3) is 0.562. The summed E-state index contributed by atoms with van der Waals surface area (Å²) < 4.78 is 11.6. The first-order chi connectivity index (χ1) is 9.86. The van der Waals surface area contributed by atoms with E-state index in [2.05, 4.69) is 22.2 Å². The second-order valence-corrected chi connectivity index (χ2v) is 6.00. The topological polar surface area (TPSA) is 47.1 Å². The van der Waals surface area contributed by atoms with E-state index in [1.165, 1.54) is 5.56 Å². The zero-order chi connectivity index (χ0) is 13.4. The van der Waals surface area contributed by atoms with Gasteiger partial charge in [-0.15, -0.1) is 0 Å². The Bertz CT molecular complexity index is 591. The lowest BCUT2D eigenvalue weighted by atomic mass is 9.76. The molecular weight excluding hydrogens is 252 g/mol. The molecule has 0 atom stereocenters. The number of ether oxygens (including phenoxy) is 2. The van der Waals surface area contributed by atoms with Crippen molar-refractivity contribution in [3.05, 3.63) is 30.1 Å². The molecule has 3 heterocycles. The summed E-state index contributed by atoms with van der Waals surface area (Å²) in [6, 6.07) is 4.07. The zero-order valence-electron chi connectivity index (χ0n) is 11.6. The number of nitrogens with one attached hydrogen (secondary N) is 1. The SMILES string of the molecule is c1cnc2c(C3CCC4(CC3)COCCO4)c[nH]c2c1. The van der Waals surface area contributed by atoms with E-state index < -0.39 is 0 Å². The fourth-order valence-corrected chi connectivity index (χ4v) is 3.65. The van der Waals surface area contributed by atoms with E-state index in [1.54, 1.807) is 0 Å². The molecule has 0 aromatic carbocycles. The summed E-state index contributed by atoms with van der Waals surface area (Å²) in [5.74, 6) is 0.592. The van der Waals surface area contributed by atoms with Gasteiger partial charge in [-0.2, -0.15) is 0 Å². The van der Waals surface area contributed by atoms with Crippen LogP contribution < -0.4 is 0 Å². The average molecular weight is 272 g/mol. The molecule has 2 fully saturated rings. The minimum atomic E-state index is -0.00567. The summed E-state index contributed by atoms with van der Waals surface area (Å²) in [5.41, 5.74) is 3.63. The molecule has 2 aromatic heterocycles. The van der Waals surface area contributed by atoms with Crippen LogP contribution in [0.5, 0.6) is 0 Å². The van der Waals surface area contributed by atoms with Gasteiger partial charge in [-0.3, -0.25) is 4.98 Å². The molecule has 1 aliphatic carbocycles. The Labute approximate surface area is 118 Å². The van der Waals surface area contributed by atoms with Gasteiger partial charge in [-0.25, -0.2) is 0 Å². The minimum Gasteiger partial charge on any atom is -0.376 e. The lowest BCUT2D eigenvalue weighted by Gasteiger charge is -2.42. The monoisotopic (exact) mass is 272 g/mol. The number of hydrogen-bond acceptors (Lipinski definition) is 3. The molecule has 4 rings (SSSR count). The lowest BCUT2D eigenvalue weighted by molar-refractivity contribution is -0.172. The van der Waals surface area contributed by atoms with Crippen LogP contribution in [-0.2, 0) is 9.47 Å². The van der Waals surface area contributed by atoms with E-state index in [4.69, 9.17) is 9.47 Å². The van der Waals surface area contributed by atoms with Gasteiger partial charge in [0, 0.05) is 12.4 Å². The highest BCUT2D eigenvalue weighted by Gasteiger charge is 2.39. The standard InChI is InChI=1S/C16H20N2O2/c1-2-14-15(17-7-1)13(10-18-14)12-3-5-16(6-4-12)11-19-8-9-20-16/h1-2,7,10,12,18H,3-6,8-9,11H2. The van der Waals surface area contributed by atoms with Crippen LogP contribution in [0.25, 0.3) is 11.0 Å². The van der Waals surface area contributed by atoms with Gasteiger partial charge < -0.3 is 14.5 Å². The Morgan fingerprint density at radius 1 is 1.25 bits per heavy atom. The first kappa shape index (κ1) is 12.4. The van der Waals surface area contributed by atoms with Gasteiger partial charge in [0.15, 0.2) is 0 Å². The minimum absolute atomic E-state index is 0.00567. The van der Waals surface area contributed by atoms with Crippen LogP contribution in [0.2, 0.25) is 0 Å². The molecule has 2 aromatic rings. The molecular formula is C16H20N2O2. The quantitative estimate of drug-likeness (QED) is 0.868. The third-order valence-corrected chi connectivity index (χ3v) is 4.80. The number of rotatable bonds is 1. The van der Waals surface area contributed by atoms with Gasteiger partial charge in [-0.05, 0) is 49.3 Å². The van der Waals surface area contributed by atoms with Crippen LogP contribution in [0.4, 0.5) is 0 Å². The highest BCUT2D eigenvalue weighted by molar-refractivity contribution is 5.79. The summed E-state index contributed by atoms with van der Waals surface area (Å²) in [7, 11) is 0. The Morgan fingerprint density at radius 2 is 2.15 bits per heavy atom. The molecule has 1 aliphatic heterocycles. The van der Waals surface area contributed by atoms with Gasteiger partial charge in [0.25, 0.3) is 0 Å². The van der Waals surface area contributed by atoms with Crippen LogP contribution in [0, 0.1) is 0 Å². The van der Waals surface area contributed by atoms with Crippen molar-refractivity contribution in [2.45, 2.75) is 37.2 Å². The van der Waals surface area contributed by atoms with Crippen molar-refractivity contribution in [2.24, 2.45) is 0 Å². The third-order valence-electron chi connectivity index (χ3n) is 4.80. The normalized spacial score (nSPS) is 30.9. The highest BCUT2D eigenvalue weighted by Crippen LogP contribution is 2.42. The highest BCUT2D eigenvalue weighted by atomic mass is 16.6. The molecule has 2 aliphatic rings. The van der Waals surface area contributed by atoms with E-state index in [1.807, 2.05) is 12.3 Å². The van der Waals surface area contributed by atoms with Crippen molar-refractivity contribution in [1.82, 2.24) is 9.97 Å². The second-order valence-electron chi connectivity index (χ2n) is 6.00. The third kappa shape index (κ3) is 2.03. The second kappa shape index (κ2) is 4.86. The van der Waals surface area contributed by atoms with E-state index in [0.29, 0.717) is 5.92 Å². The Balaban J connectivity index is 1.54. The molecule has 4 heteroatoms. The van der Waals surface area contributed by atoms with Gasteiger partial charge in [0.2, 0.25) is 0 Å². The fourth-order valence-electron chi connectivity index (χ4n) is 3.65. The predicted octanol–water partition coefficient (Wildman–Crippen LogP) is 3.01. The van der Waals surface area contributed by atoms with E-state index in [9.17, 15) is 0 Å². The number of fused-ring (bicyclic) bond motifs is 1. The first-order valence-electron chi connectivity index (χ1n) is 7.50. The molecule has 4 nitrogen and oxygen atoms in total. The van der Waals surface area contributed by atoms with Crippen molar-refractivity contribution < 1.29 is 9.47 Å². The van der Waals surface area contributed by atoms with Crippen molar-refractivity contribution in [3.8, 4) is 0 Å². The maximum Gasteiger partial charge on any atom is 0.0916 e. The predicted molar refractivity (Wildman–Crippen MR) is 76.8 cm³/mol. The summed E-state index contributed by atoms with van der Waals surface area (Å²) in [4.78, 5) is 7.87. The molecule has 1 N–H and O–H groups in total. The Morgan fingerprint density at radius 3 is 2.95 bits per heavy atom. The van der Waals surface area contributed by atoms with Gasteiger partial charge in [0.1, 0.15) is 0 Å². The molecule has 1 saturated carbocycles. The number of aromatic amines is 1. The van der Waals surface area contributed by atoms with Crippen LogP contribution in [0.1, 0.15) is 37.2 Å². The van der Waals surface area contributed by atoms with E-state index in [-0.39, 0.29) is 5.60 Å². The zero-order valence-corrected chi connectivity index (χ0v) is 11.6. The molecule has 0 radical (unpaired) electrons. The number of hydrogen-bond donors (Lipinski definition) is 1. The van der Waals surface area contributed by atoms with Gasteiger partial charge in [-0.1, -0.05) is 0 Å². The van der Waals surface area contributed by atoms with Crippen molar-refractivity contribution in [3.63, 3.8) is 0 Å². The van der Waals surface area contributed by atoms with Crippen molar-refractivity contribution in [1.29, 1.82) is 0 Å². The number of pyridine rings is 1. The summed E-state index contributed by atoms with van der Waals surface area (Å²) in [6.45, 7) is 2.27. The molecule has 0 unspecified atom stereocenters. The van der Waals surface area contributed by atoms with Crippen molar-refractivity contribution in [2.75, 3.05) is 19.8 Å². The maximum atomic E-state index is 6.01. The smallest absolute Gasteiger partial charge is 0.0916 e. The first-order valence-corrected chi connectivity index (χ1v) is 7.50. The molecule has 20 heavy (non-hydrogen) atoms. The molecule has 1 spiro atoms. The number of aromatic nitrogens is 2. The molecule has 1 saturated heterocycles. The summed E-state index contributed by atoms with van der Waals surface area (Å²) >= 11 is 0. The summed E-state index contributed by atoms with van der Waals surface area (Å²) in [6.07, 6.45) is 8.52. The number of nitrogens with zero attached hydrogens (tertiary/aromatic N) is 1. The molecule has 0 amide bonds. The van der Waals surface area contributed by atoms with Gasteiger partial charge in [0.05, 0.1) is 36.5 Å². The molecule has 0 bridgehead atoms. The maximum absolute atomic E-state index is 6.01.